The molecule has 0 radical (unpaired) electrons. The highest BCUT2D eigenvalue weighted by atomic mass is 16.5. The second-order valence-corrected chi connectivity index (χ2v) is 21.5. The molecule has 0 spiro atoms. The first-order valence-corrected chi connectivity index (χ1v) is 28.7. The predicted octanol–water partition coefficient (Wildman–Crippen LogP) is 21.5. The van der Waals surface area contributed by atoms with Gasteiger partial charge in [-0.2, -0.15) is 0 Å². The summed E-state index contributed by atoms with van der Waals surface area (Å²) in [6.45, 7) is 12.5. The SMILES string of the molecule is C=Cc1ccc(OCCCCCCC2(c3ccccc3)c3ccccc3-c3ccc(N(c4ccccc4)c4ccc(-c5ccc6c(c5)c5cc(-c7ccc(C=C)cc7)ccc5n6-c5ccc(-c6ccc(C=C)cc6)cc5)cc4)cc32)cc1. The number of fused-ring (bicyclic) bond motifs is 6. The van der Waals surface area contributed by atoms with Crippen LogP contribution in [0, 0.1) is 0 Å². The Morgan fingerprint density at radius 3 is 1.44 bits per heavy atom. The molecule has 0 saturated heterocycles. The van der Waals surface area contributed by atoms with Gasteiger partial charge in [-0.15, -0.1) is 0 Å². The van der Waals surface area contributed by atoms with E-state index in [9.17, 15) is 0 Å². The second kappa shape index (κ2) is 22.7. The minimum absolute atomic E-state index is 0.320. The average molecular weight is 1060 g/mol. The number of hydrogen-bond acceptors (Lipinski definition) is 2. The molecule has 0 aliphatic heterocycles. The molecule has 1 atom stereocenters. The van der Waals surface area contributed by atoms with Crippen molar-refractivity contribution in [1.29, 1.82) is 0 Å². The fourth-order valence-electron chi connectivity index (χ4n) is 12.6. The second-order valence-electron chi connectivity index (χ2n) is 21.5. The van der Waals surface area contributed by atoms with Gasteiger partial charge in [0.1, 0.15) is 5.75 Å². The van der Waals surface area contributed by atoms with Crippen molar-refractivity contribution in [3.05, 3.63) is 314 Å². The van der Waals surface area contributed by atoms with E-state index in [1.807, 2.05) is 30.4 Å². The summed E-state index contributed by atoms with van der Waals surface area (Å²) in [5, 5.41) is 2.41. The molecule has 1 unspecified atom stereocenters. The van der Waals surface area contributed by atoms with Crippen LogP contribution < -0.4 is 9.64 Å². The van der Waals surface area contributed by atoms with E-state index in [0.717, 1.165) is 99.5 Å². The van der Waals surface area contributed by atoms with Crippen molar-refractivity contribution in [1.82, 2.24) is 4.57 Å². The van der Waals surface area contributed by atoms with Crippen molar-refractivity contribution in [2.45, 2.75) is 37.5 Å². The predicted molar refractivity (Wildman–Crippen MR) is 349 cm³/mol. The number of unbranched alkanes of at least 4 members (excludes halogenated alkanes) is 3. The number of para-hydroxylation sites is 1. The van der Waals surface area contributed by atoms with Crippen molar-refractivity contribution in [3.8, 4) is 55.9 Å². The lowest BCUT2D eigenvalue weighted by atomic mass is 9.69. The molecule has 0 N–H and O–H groups in total. The smallest absolute Gasteiger partial charge is 0.119 e. The van der Waals surface area contributed by atoms with Crippen LogP contribution in [0.15, 0.2) is 281 Å². The quantitative estimate of drug-likeness (QED) is 0.0751. The van der Waals surface area contributed by atoms with E-state index in [-0.39, 0.29) is 5.41 Å². The highest BCUT2D eigenvalue weighted by molar-refractivity contribution is 6.11. The summed E-state index contributed by atoms with van der Waals surface area (Å²) in [6, 6.07) is 95.8. The first-order valence-electron chi connectivity index (χ1n) is 28.7. The first-order chi connectivity index (χ1) is 40.5. The standard InChI is InChI=1S/C79H64N2O/c1-4-56-25-31-59(32-26-56)60-35-43-68(44-36-60)81-77-49-39-63(61-33-27-57(5-2)28-34-61)53-73(77)74-54-64(40-50-78(74)81)62-37-41-67(42-38-62)80(66-21-13-10-14-22-66)69-45-48-72-71-23-15-16-24-75(71)79(76(72)55-69,65-19-11-9-12-20-65)51-17-7-8-18-52-82-70-46-29-58(6-3)30-47-70/h4-6,9-16,19-50,53-55H,1-3,7-8,17-18,51-52H2. The van der Waals surface area contributed by atoms with E-state index in [1.54, 1.807) is 0 Å². The molecule has 0 fully saturated rings. The summed E-state index contributed by atoms with van der Waals surface area (Å²) >= 11 is 0. The number of aromatic nitrogens is 1. The number of anilines is 3. The molecule has 0 bridgehead atoms. The van der Waals surface area contributed by atoms with Gasteiger partial charge >= 0.3 is 0 Å². The Morgan fingerprint density at radius 1 is 0.378 bits per heavy atom. The van der Waals surface area contributed by atoms with E-state index >= 15 is 0 Å². The van der Waals surface area contributed by atoms with Gasteiger partial charge in [-0.25, -0.2) is 0 Å². The van der Waals surface area contributed by atoms with Crippen molar-refractivity contribution in [2.24, 2.45) is 0 Å². The van der Waals surface area contributed by atoms with E-state index < -0.39 is 0 Å². The van der Waals surface area contributed by atoms with Gasteiger partial charge in [0.2, 0.25) is 0 Å². The van der Waals surface area contributed by atoms with Crippen molar-refractivity contribution >= 4 is 57.1 Å². The molecule has 3 heteroatoms. The lowest BCUT2D eigenvalue weighted by Gasteiger charge is -2.34. The van der Waals surface area contributed by atoms with Crippen LogP contribution in [0.1, 0.15) is 65.5 Å². The van der Waals surface area contributed by atoms with Crippen LogP contribution in [0.5, 0.6) is 5.75 Å². The number of hydrogen-bond donors (Lipinski definition) is 0. The highest BCUT2D eigenvalue weighted by Gasteiger charge is 2.44. The molecule has 0 amide bonds. The molecular formula is C79H64N2O. The third-order valence-electron chi connectivity index (χ3n) is 16.8. The Morgan fingerprint density at radius 2 is 0.841 bits per heavy atom. The van der Waals surface area contributed by atoms with Crippen LogP contribution in [0.2, 0.25) is 0 Å². The minimum atomic E-state index is -0.320. The third-order valence-corrected chi connectivity index (χ3v) is 16.8. The molecule has 396 valence electrons. The van der Waals surface area contributed by atoms with Gasteiger partial charge in [0.15, 0.2) is 0 Å². The van der Waals surface area contributed by atoms with Crippen molar-refractivity contribution in [3.63, 3.8) is 0 Å². The van der Waals surface area contributed by atoms with E-state index in [0.29, 0.717) is 6.61 Å². The maximum atomic E-state index is 6.14. The van der Waals surface area contributed by atoms with Crippen LogP contribution in [0.4, 0.5) is 17.1 Å². The summed E-state index contributed by atoms with van der Waals surface area (Å²) < 4.78 is 8.56. The Labute approximate surface area is 482 Å². The number of benzene rings is 11. The minimum Gasteiger partial charge on any atom is -0.494 e. The molecule has 1 aromatic heterocycles. The molecule has 12 aromatic rings. The third kappa shape index (κ3) is 9.75. The summed E-state index contributed by atoms with van der Waals surface area (Å²) in [6.07, 6.45) is 11.0. The highest BCUT2D eigenvalue weighted by Crippen LogP contribution is 2.56. The van der Waals surface area contributed by atoms with Crippen LogP contribution in [-0.4, -0.2) is 11.2 Å². The fourth-order valence-corrected chi connectivity index (χ4v) is 12.6. The summed E-state index contributed by atoms with van der Waals surface area (Å²) in [4.78, 5) is 2.43. The summed E-state index contributed by atoms with van der Waals surface area (Å²) in [5.74, 6) is 0.911. The number of rotatable bonds is 19. The van der Waals surface area contributed by atoms with Gasteiger partial charge in [0.05, 0.1) is 17.6 Å². The molecule has 3 nitrogen and oxygen atoms in total. The average Bonchev–Trinajstić information content (AvgIpc) is 4.15. The zero-order chi connectivity index (χ0) is 55.4. The summed E-state index contributed by atoms with van der Waals surface area (Å²) in [5.41, 5.74) is 23.5. The zero-order valence-electron chi connectivity index (χ0n) is 46.2. The first kappa shape index (κ1) is 51.5. The fraction of sp³-hybridized carbons (Fsp3) is 0.0886. The Hall–Kier alpha value is -9.96. The molecule has 82 heavy (non-hydrogen) atoms. The van der Waals surface area contributed by atoms with E-state index in [2.05, 4.69) is 278 Å². The maximum absolute atomic E-state index is 6.14. The lowest BCUT2D eigenvalue weighted by Crippen LogP contribution is -2.27. The molecule has 1 aliphatic carbocycles. The number of nitrogens with zero attached hydrogens (tertiary/aromatic N) is 2. The topological polar surface area (TPSA) is 17.4 Å². The van der Waals surface area contributed by atoms with Gasteiger partial charge in [-0.1, -0.05) is 233 Å². The van der Waals surface area contributed by atoms with Gasteiger partial charge in [-0.3, -0.25) is 0 Å². The normalized spacial score (nSPS) is 13.4. The zero-order valence-corrected chi connectivity index (χ0v) is 46.2. The Balaban J connectivity index is 0.844. The van der Waals surface area contributed by atoms with Crippen LogP contribution in [0.25, 0.3) is 90.2 Å². The van der Waals surface area contributed by atoms with Crippen LogP contribution in [-0.2, 0) is 5.41 Å². The maximum Gasteiger partial charge on any atom is 0.119 e. The largest absolute Gasteiger partial charge is 0.494 e. The monoisotopic (exact) mass is 1060 g/mol. The Kier molecular flexibility index (Phi) is 14.2. The van der Waals surface area contributed by atoms with Gasteiger partial charge in [0.25, 0.3) is 0 Å². The lowest BCUT2D eigenvalue weighted by molar-refractivity contribution is 0.303. The molecular weight excluding hydrogens is 993 g/mol. The van der Waals surface area contributed by atoms with Crippen LogP contribution in [0.3, 0.4) is 0 Å². The molecule has 1 heterocycles. The van der Waals surface area contributed by atoms with E-state index in [4.69, 9.17) is 4.74 Å². The molecule has 1 aliphatic rings. The molecule has 0 saturated carbocycles. The van der Waals surface area contributed by atoms with Crippen molar-refractivity contribution < 1.29 is 4.74 Å². The molecule has 13 rings (SSSR count). The molecule has 11 aromatic carbocycles. The summed E-state index contributed by atoms with van der Waals surface area (Å²) in [7, 11) is 0. The van der Waals surface area contributed by atoms with Gasteiger partial charge < -0.3 is 14.2 Å². The Bertz CT molecular complexity index is 4250. The van der Waals surface area contributed by atoms with Crippen LogP contribution >= 0.6 is 0 Å². The van der Waals surface area contributed by atoms with Gasteiger partial charge in [-0.05, 0) is 176 Å². The van der Waals surface area contributed by atoms with Crippen molar-refractivity contribution in [2.75, 3.05) is 11.5 Å². The number of ether oxygens (including phenoxy) is 1. The van der Waals surface area contributed by atoms with E-state index in [1.165, 1.54) is 60.8 Å². The van der Waals surface area contributed by atoms with Gasteiger partial charge in [0, 0.05) is 38.9 Å².